The number of nitrogens with one attached hydrogen (secondary N) is 1. The molecule has 1 amide bonds. The summed E-state index contributed by atoms with van der Waals surface area (Å²) in [6.07, 6.45) is 6.20. The van der Waals surface area contributed by atoms with Crippen LogP contribution < -0.4 is 5.32 Å². The summed E-state index contributed by atoms with van der Waals surface area (Å²) in [7, 11) is 0. The lowest BCUT2D eigenvalue weighted by Gasteiger charge is -2.06. The Morgan fingerprint density at radius 2 is 1.52 bits per heavy atom. The maximum atomic E-state index is 11.9. The number of carbonyl (C=O) groups is 1. The highest BCUT2D eigenvalue weighted by Gasteiger charge is 2.25. The second-order valence-electron chi connectivity index (χ2n) is 5.25. The smallest absolute Gasteiger partial charge is 0.299 e. The average molecular weight is 323 g/mol. The first-order chi connectivity index (χ1) is 11.0. The second-order valence-corrected chi connectivity index (χ2v) is 5.25. The molecule has 8 nitrogen and oxygen atoms in total. The van der Waals surface area contributed by atoms with Crippen LogP contribution >= 0.6 is 0 Å². The number of nitro benzene ring substituents is 2. The van der Waals surface area contributed by atoms with Crippen molar-refractivity contribution in [3.8, 4) is 0 Å². The molecule has 1 aromatic rings. The minimum absolute atomic E-state index is 0.190. The van der Waals surface area contributed by atoms with Crippen molar-refractivity contribution in [3.05, 3.63) is 38.4 Å². The van der Waals surface area contributed by atoms with E-state index < -0.39 is 27.1 Å². The summed E-state index contributed by atoms with van der Waals surface area (Å²) in [6.45, 7) is 2.12. The van der Waals surface area contributed by atoms with Gasteiger partial charge in [-0.25, -0.2) is 0 Å². The monoisotopic (exact) mass is 323 g/mol. The molecule has 0 saturated carbocycles. The number of carbonyl (C=O) groups excluding carboxylic acids is 1. The number of nitro groups is 2. The number of para-hydroxylation sites is 1. The van der Waals surface area contributed by atoms with Crippen LogP contribution in [0.3, 0.4) is 0 Å². The molecule has 0 unspecified atom stereocenters. The quantitative estimate of drug-likeness (QED) is 0.393. The van der Waals surface area contributed by atoms with Gasteiger partial charge in [-0.05, 0) is 12.5 Å². The van der Waals surface area contributed by atoms with Crippen molar-refractivity contribution >= 4 is 23.0 Å². The number of hydrogen-bond donors (Lipinski definition) is 1. The van der Waals surface area contributed by atoms with Gasteiger partial charge in [0.05, 0.1) is 9.85 Å². The number of amides is 1. The van der Waals surface area contributed by atoms with E-state index in [0.717, 1.165) is 44.2 Å². The first-order valence-corrected chi connectivity index (χ1v) is 7.69. The van der Waals surface area contributed by atoms with Crippen LogP contribution in [-0.2, 0) is 4.79 Å². The lowest BCUT2D eigenvalue weighted by Crippen LogP contribution is -2.14. The van der Waals surface area contributed by atoms with E-state index in [1.807, 2.05) is 0 Å². The fourth-order valence-electron chi connectivity index (χ4n) is 2.23. The molecular formula is C15H21N3O5. The zero-order valence-electron chi connectivity index (χ0n) is 13.1. The van der Waals surface area contributed by atoms with Gasteiger partial charge in [0.2, 0.25) is 5.91 Å². The van der Waals surface area contributed by atoms with Crippen LogP contribution in [-0.4, -0.2) is 15.8 Å². The summed E-state index contributed by atoms with van der Waals surface area (Å²) in [5, 5.41) is 24.3. The van der Waals surface area contributed by atoms with Crippen molar-refractivity contribution in [2.24, 2.45) is 0 Å². The van der Waals surface area contributed by atoms with Gasteiger partial charge in [0.15, 0.2) is 5.69 Å². The van der Waals surface area contributed by atoms with Gasteiger partial charge in [-0.3, -0.25) is 25.0 Å². The molecule has 8 heteroatoms. The fraction of sp³-hybridized carbons (Fsp3) is 0.533. The average Bonchev–Trinajstić information content (AvgIpc) is 2.50. The fourth-order valence-corrected chi connectivity index (χ4v) is 2.23. The molecule has 1 N–H and O–H groups in total. The zero-order valence-corrected chi connectivity index (χ0v) is 13.1. The molecule has 0 aromatic heterocycles. The molecule has 0 aliphatic rings. The molecule has 0 fully saturated rings. The Balaban J connectivity index is 2.66. The van der Waals surface area contributed by atoms with Crippen molar-refractivity contribution < 1.29 is 14.6 Å². The molecular weight excluding hydrogens is 302 g/mol. The van der Waals surface area contributed by atoms with E-state index in [9.17, 15) is 25.0 Å². The van der Waals surface area contributed by atoms with E-state index in [4.69, 9.17) is 0 Å². The number of rotatable bonds is 10. The SMILES string of the molecule is CCCCCCCCC(=O)Nc1c([N+](=O)[O-])cccc1[N+](=O)[O-]. The van der Waals surface area contributed by atoms with E-state index in [-0.39, 0.29) is 12.1 Å². The summed E-state index contributed by atoms with van der Waals surface area (Å²) >= 11 is 0. The van der Waals surface area contributed by atoms with E-state index >= 15 is 0 Å². The van der Waals surface area contributed by atoms with Crippen molar-refractivity contribution in [3.63, 3.8) is 0 Å². The Bertz CT molecular complexity index is 542. The van der Waals surface area contributed by atoms with Crippen LogP contribution in [0.4, 0.5) is 17.1 Å². The maximum absolute atomic E-state index is 11.9. The van der Waals surface area contributed by atoms with Gasteiger partial charge in [-0.2, -0.15) is 0 Å². The van der Waals surface area contributed by atoms with E-state index in [1.54, 1.807) is 0 Å². The number of benzene rings is 1. The number of nitrogens with zero attached hydrogens (tertiary/aromatic N) is 2. The Morgan fingerprint density at radius 1 is 1.00 bits per heavy atom. The number of anilines is 1. The number of hydrogen-bond acceptors (Lipinski definition) is 5. The highest BCUT2D eigenvalue weighted by Crippen LogP contribution is 2.33. The largest absolute Gasteiger partial charge is 0.315 e. The first kappa shape index (κ1) is 18.5. The number of unbranched alkanes of at least 4 members (excludes halogenated alkanes) is 5. The van der Waals surface area contributed by atoms with Crippen molar-refractivity contribution in [2.75, 3.05) is 5.32 Å². The summed E-state index contributed by atoms with van der Waals surface area (Å²) in [6, 6.07) is 3.49. The molecule has 0 radical (unpaired) electrons. The van der Waals surface area contributed by atoms with Gasteiger partial charge in [-0.1, -0.05) is 39.0 Å². The molecule has 0 bridgehead atoms. The third kappa shape index (κ3) is 6.01. The van der Waals surface area contributed by atoms with E-state index in [1.165, 1.54) is 6.07 Å². The summed E-state index contributed by atoms with van der Waals surface area (Å²) in [5.74, 6) is -0.446. The van der Waals surface area contributed by atoms with Crippen molar-refractivity contribution in [1.82, 2.24) is 0 Å². The Morgan fingerprint density at radius 3 is 2.04 bits per heavy atom. The maximum Gasteiger partial charge on any atom is 0.299 e. The van der Waals surface area contributed by atoms with Crippen LogP contribution in [0.25, 0.3) is 0 Å². The van der Waals surface area contributed by atoms with Gasteiger partial charge >= 0.3 is 0 Å². The predicted molar refractivity (Wildman–Crippen MR) is 86.4 cm³/mol. The lowest BCUT2D eigenvalue weighted by molar-refractivity contribution is -0.392. The van der Waals surface area contributed by atoms with Crippen LogP contribution in [0, 0.1) is 20.2 Å². The normalized spacial score (nSPS) is 10.3. The Labute approximate surface area is 134 Å². The second kappa shape index (κ2) is 9.50. The van der Waals surface area contributed by atoms with Gasteiger partial charge in [0, 0.05) is 18.6 Å². The molecule has 126 valence electrons. The van der Waals surface area contributed by atoms with Crippen molar-refractivity contribution in [2.45, 2.75) is 51.9 Å². The van der Waals surface area contributed by atoms with Gasteiger partial charge in [0.1, 0.15) is 0 Å². The molecule has 0 atom stereocenters. The van der Waals surface area contributed by atoms with Crippen LogP contribution in [0.2, 0.25) is 0 Å². The van der Waals surface area contributed by atoms with Crippen LogP contribution in [0.1, 0.15) is 51.9 Å². The third-order valence-electron chi connectivity index (χ3n) is 3.44. The van der Waals surface area contributed by atoms with Crippen LogP contribution in [0.15, 0.2) is 18.2 Å². The molecule has 23 heavy (non-hydrogen) atoms. The zero-order chi connectivity index (χ0) is 17.2. The molecule has 0 spiro atoms. The molecule has 0 heterocycles. The first-order valence-electron chi connectivity index (χ1n) is 7.69. The van der Waals surface area contributed by atoms with Gasteiger partial charge < -0.3 is 5.32 Å². The van der Waals surface area contributed by atoms with Gasteiger partial charge in [-0.15, -0.1) is 0 Å². The van der Waals surface area contributed by atoms with Gasteiger partial charge in [0.25, 0.3) is 11.4 Å². The molecule has 1 aromatic carbocycles. The van der Waals surface area contributed by atoms with E-state index in [0.29, 0.717) is 6.42 Å². The van der Waals surface area contributed by atoms with Crippen LogP contribution in [0.5, 0.6) is 0 Å². The lowest BCUT2D eigenvalue weighted by atomic mass is 10.1. The summed E-state index contributed by atoms with van der Waals surface area (Å²) in [4.78, 5) is 32.4. The third-order valence-corrected chi connectivity index (χ3v) is 3.44. The summed E-state index contributed by atoms with van der Waals surface area (Å²) < 4.78 is 0. The molecule has 0 aliphatic carbocycles. The summed E-state index contributed by atoms with van der Waals surface area (Å²) in [5.41, 5.74) is -1.30. The molecule has 0 saturated heterocycles. The van der Waals surface area contributed by atoms with E-state index in [2.05, 4.69) is 12.2 Å². The Hall–Kier alpha value is -2.51. The minimum atomic E-state index is -0.743. The standard InChI is InChI=1S/C15H21N3O5/c1-2-3-4-5-6-7-11-14(19)16-15-12(17(20)21)9-8-10-13(15)18(22)23/h8-10H,2-7,11H2,1H3,(H,16,19). The Kier molecular flexibility index (Phi) is 7.65. The molecule has 0 aliphatic heterocycles. The topological polar surface area (TPSA) is 115 Å². The highest BCUT2D eigenvalue weighted by atomic mass is 16.6. The molecule has 1 rings (SSSR count). The van der Waals surface area contributed by atoms with Crippen molar-refractivity contribution in [1.29, 1.82) is 0 Å². The minimum Gasteiger partial charge on any atom is -0.315 e. The predicted octanol–water partition coefficient (Wildman–Crippen LogP) is 4.19. The highest BCUT2D eigenvalue weighted by molar-refractivity contribution is 5.96.